The summed E-state index contributed by atoms with van der Waals surface area (Å²) in [6, 6.07) is 13.8. The number of hydrogen-bond acceptors (Lipinski definition) is 6. The van der Waals surface area contributed by atoms with Gasteiger partial charge in [-0.3, -0.25) is 4.90 Å². The third kappa shape index (κ3) is 4.21. The van der Waals surface area contributed by atoms with Crippen LogP contribution >= 0.6 is 0 Å². The molecule has 1 atom stereocenters. The topological polar surface area (TPSA) is 68.1 Å². The number of pyridine rings is 2. The van der Waals surface area contributed by atoms with Crippen LogP contribution in [0.1, 0.15) is 12.6 Å². The van der Waals surface area contributed by atoms with E-state index in [1.165, 1.54) is 0 Å². The monoisotopic (exact) mass is 322 g/mol. The minimum atomic E-state index is 0.271. The van der Waals surface area contributed by atoms with E-state index in [1.54, 1.807) is 6.07 Å². The Labute approximate surface area is 142 Å². The second-order valence-electron chi connectivity index (χ2n) is 6.04. The summed E-state index contributed by atoms with van der Waals surface area (Å²) in [5.41, 5.74) is 0.441. The molecule has 124 valence electrons. The lowest BCUT2D eigenvalue weighted by molar-refractivity contribution is 0.250. The van der Waals surface area contributed by atoms with Crippen LogP contribution in [0.15, 0.2) is 42.6 Å². The predicted molar refractivity (Wildman–Crippen MR) is 94.9 cm³/mol. The average molecular weight is 322 g/mol. The van der Waals surface area contributed by atoms with Crippen LogP contribution in [0.4, 0.5) is 11.6 Å². The highest BCUT2D eigenvalue weighted by molar-refractivity contribution is 5.40. The smallest absolute Gasteiger partial charge is 0.142 e. The normalized spacial score (nSPS) is 16.4. The molecular formula is C18H22N6. The van der Waals surface area contributed by atoms with Crippen LogP contribution < -0.4 is 10.2 Å². The average Bonchev–Trinajstić information content (AvgIpc) is 2.63. The van der Waals surface area contributed by atoms with Gasteiger partial charge in [-0.15, -0.1) is 0 Å². The Hall–Kier alpha value is -2.65. The molecule has 1 N–H and O–H groups in total. The lowest BCUT2D eigenvalue weighted by Crippen LogP contribution is -2.49. The first kappa shape index (κ1) is 16.2. The lowest BCUT2D eigenvalue weighted by Gasteiger charge is -2.36. The molecule has 1 fully saturated rings. The zero-order valence-electron chi connectivity index (χ0n) is 13.9. The number of hydrogen-bond donors (Lipinski definition) is 1. The van der Waals surface area contributed by atoms with Gasteiger partial charge in [0.15, 0.2) is 0 Å². The molecule has 6 heteroatoms. The van der Waals surface area contributed by atoms with Crippen molar-refractivity contribution in [3.8, 4) is 6.07 Å². The Morgan fingerprint density at radius 3 is 2.71 bits per heavy atom. The first-order valence-electron chi connectivity index (χ1n) is 8.26. The molecule has 3 heterocycles. The van der Waals surface area contributed by atoms with Crippen molar-refractivity contribution in [1.82, 2.24) is 14.9 Å². The van der Waals surface area contributed by atoms with Crippen molar-refractivity contribution in [3.05, 3.63) is 48.3 Å². The van der Waals surface area contributed by atoms with E-state index in [9.17, 15) is 0 Å². The molecule has 0 bridgehead atoms. The Morgan fingerprint density at radius 2 is 2.00 bits per heavy atom. The van der Waals surface area contributed by atoms with Gasteiger partial charge >= 0.3 is 0 Å². The molecule has 0 radical (unpaired) electrons. The highest BCUT2D eigenvalue weighted by Crippen LogP contribution is 2.13. The zero-order valence-corrected chi connectivity index (χ0v) is 13.9. The van der Waals surface area contributed by atoms with Crippen molar-refractivity contribution in [2.45, 2.75) is 13.0 Å². The van der Waals surface area contributed by atoms with Crippen molar-refractivity contribution in [2.24, 2.45) is 0 Å². The summed E-state index contributed by atoms with van der Waals surface area (Å²) < 4.78 is 0. The van der Waals surface area contributed by atoms with Crippen LogP contribution in [-0.4, -0.2) is 53.6 Å². The Morgan fingerprint density at radius 1 is 1.17 bits per heavy atom. The highest BCUT2D eigenvalue weighted by atomic mass is 15.3. The Bertz CT molecular complexity index is 688. The number of piperazine rings is 1. The van der Waals surface area contributed by atoms with Crippen molar-refractivity contribution < 1.29 is 0 Å². The second-order valence-corrected chi connectivity index (χ2v) is 6.04. The number of nitrogens with zero attached hydrogens (tertiary/aromatic N) is 5. The van der Waals surface area contributed by atoms with E-state index < -0.39 is 0 Å². The fourth-order valence-corrected chi connectivity index (χ4v) is 2.96. The Kier molecular flexibility index (Phi) is 5.24. The molecule has 0 aliphatic carbocycles. The molecule has 1 saturated heterocycles. The largest absolute Gasteiger partial charge is 0.366 e. The van der Waals surface area contributed by atoms with Gasteiger partial charge < -0.3 is 10.2 Å². The molecule has 0 amide bonds. The molecule has 0 aromatic carbocycles. The summed E-state index contributed by atoms with van der Waals surface area (Å²) in [7, 11) is 0. The minimum absolute atomic E-state index is 0.271. The number of anilines is 2. The molecule has 0 spiro atoms. The number of nitriles is 1. The lowest BCUT2D eigenvalue weighted by atomic mass is 10.2. The Balaban J connectivity index is 1.48. The van der Waals surface area contributed by atoms with E-state index in [4.69, 9.17) is 5.26 Å². The SMILES string of the molecule is CC(CN1CCN(c2ccccn2)CC1)Nc1cccc(C#N)n1. The molecule has 6 nitrogen and oxygen atoms in total. The highest BCUT2D eigenvalue weighted by Gasteiger charge is 2.19. The van der Waals surface area contributed by atoms with Crippen LogP contribution in [0.5, 0.6) is 0 Å². The van der Waals surface area contributed by atoms with Crippen LogP contribution in [0.25, 0.3) is 0 Å². The van der Waals surface area contributed by atoms with E-state index in [1.807, 2.05) is 30.5 Å². The van der Waals surface area contributed by atoms with Gasteiger partial charge in [-0.05, 0) is 31.2 Å². The summed E-state index contributed by atoms with van der Waals surface area (Å²) in [5.74, 6) is 1.81. The summed E-state index contributed by atoms with van der Waals surface area (Å²) >= 11 is 0. The maximum atomic E-state index is 8.92. The van der Waals surface area contributed by atoms with Crippen LogP contribution in [0.2, 0.25) is 0 Å². The summed E-state index contributed by atoms with van der Waals surface area (Å²) in [6.07, 6.45) is 1.84. The fraction of sp³-hybridized carbons (Fsp3) is 0.389. The van der Waals surface area contributed by atoms with E-state index >= 15 is 0 Å². The molecule has 0 saturated carbocycles. The van der Waals surface area contributed by atoms with Crippen molar-refractivity contribution in [3.63, 3.8) is 0 Å². The maximum absolute atomic E-state index is 8.92. The third-order valence-corrected chi connectivity index (χ3v) is 4.14. The van der Waals surface area contributed by atoms with Gasteiger partial charge in [0.2, 0.25) is 0 Å². The van der Waals surface area contributed by atoms with E-state index in [-0.39, 0.29) is 6.04 Å². The van der Waals surface area contributed by atoms with Gasteiger partial charge in [-0.2, -0.15) is 5.26 Å². The second kappa shape index (κ2) is 7.75. The molecule has 2 aromatic rings. The third-order valence-electron chi connectivity index (χ3n) is 4.14. The van der Waals surface area contributed by atoms with Gasteiger partial charge in [0.1, 0.15) is 23.4 Å². The summed E-state index contributed by atoms with van der Waals surface area (Å²) in [4.78, 5) is 13.5. The van der Waals surface area contributed by atoms with E-state index in [0.717, 1.165) is 44.4 Å². The summed E-state index contributed by atoms with van der Waals surface area (Å²) in [5, 5.41) is 12.3. The number of rotatable bonds is 5. The fourth-order valence-electron chi connectivity index (χ4n) is 2.96. The van der Waals surface area contributed by atoms with Gasteiger partial charge in [0.05, 0.1) is 0 Å². The molecule has 1 aliphatic rings. The first-order chi connectivity index (χ1) is 11.7. The number of nitrogens with one attached hydrogen (secondary N) is 1. The quantitative estimate of drug-likeness (QED) is 0.908. The molecule has 3 rings (SSSR count). The summed E-state index contributed by atoms with van der Waals surface area (Å²) in [6.45, 7) is 7.13. The molecular weight excluding hydrogens is 300 g/mol. The van der Waals surface area contributed by atoms with Crippen LogP contribution in [0, 0.1) is 11.3 Å². The van der Waals surface area contributed by atoms with Gasteiger partial charge in [0.25, 0.3) is 0 Å². The first-order valence-corrected chi connectivity index (χ1v) is 8.26. The van der Waals surface area contributed by atoms with Crippen LogP contribution in [-0.2, 0) is 0 Å². The zero-order chi connectivity index (χ0) is 16.8. The van der Waals surface area contributed by atoms with Crippen molar-refractivity contribution >= 4 is 11.6 Å². The van der Waals surface area contributed by atoms with E-state index in [0.29, 0.717) is 5.69 Å². The predicted octanol–water partition coefficient (Wildman–Crippen LogP) is 1.97. The van der Waals surface area contributed by atoms with Gasteiger partial charge in [-0.1, -0.05) is 12.1 Å². The molecule has 2 aromatic heterocycles. The van der Waals surface area contributed by atoms with Gasteiger partial charge in [-0.25, -0.2) is 9.97 Å². The molecule has 1 unspecified atom stereocenters. The minimum Gasteiger partial charge on any atom is -0.366 e. The van der Waals surface area contributed by atoms with Crippen molar-refractivity contribution in [2.75, 3.05) is 42.9 Å². The molecule has 24 heavy (non-hydrogen) atoms. The van der Waals surface area contributed by atoms with Crippen LogP contribution in [0.3, 0.4) is 0 Å². The van der Waals surface area contributed by atoms with Crippen molar-refractivity contribution in [1.29, 1.82) is 5.26 Å². The standard InChI is InChI=1S/C18H22N6/c1-15(21-17-6-4-5-16(13-19)22-17)14-23-9-11-24(12-10-23)18-7-2-3-8-20-18/h2-8,15H,9-12,14H2,1H3,(H,21,22). The number of aromatic nitrogens is 2. The van der Waals surface area contributed by atoms with Gasteiger partial charge in [0, 0.05) is 45.0 Å². The van der Waals surface area contributed by atoms with E-state index in [2.05, 4.69) is 44.1 Å². The molecule has 1 aliphatic heterocycles. The maximum Gasteiger partial charge on any atom is 0.142 e.